The Hall–Kier alpha value is -0.150. The van der Waals surface area contributed by atoms with E-state index in [0.29, 0.717) is 15.8 Å². The van der Waals surface area contributed by atoms with Gasteiger partial charge >= 0.3 is 0 Å². The normalized spacial score (nSPS) is 19.7. The molecule has 1 atom stereocenters. The summed E-state index contributed by atoms with van der Waals surface area (Å²) in [6.07, 6.45) is 1.23. The second kappa shape index (κ2) is 5.80. The molecule has 0 aromatic heterocycles. The lowest BCUT2D eigenvalue weighted by molar-refractivity contribution is 0.223. The number of rotatable bonds is 2. The van der Waals surface area contributed by atoms with Gasteiger partial charge in [0.15, 0.2) is 0 Å². The Bertz CT molecular complexity index is 326. The molecule has 84 valence electrons. The molecule has 1 saturated heterocycles. The Labute approximate surface area is 105 Å². The average Bonchev–Trinajstić information content (AvgIpc) is 2.66. The minimum absolute atomic E-state index is 0. The van der Waals surface area contributed by atoms with E-state index in [4.69, 9.17) is 27.9 Å². The molecule has 0 bridgehead atoms. The van der Waals surface area contributed by atoms with Crippen LogP contribution in [0.3, 0.4) is 0 Å². The molecule has 0 saturated carbocycles. The van der Waals surface area contributed by atoms with Gasteiger partial charge in [-0.2, -0.15) is 0 Å². The third-order valence-electron chi connectivity index (χ3n) is 2.22. The van der Waals surface area contributed by atoms with Gasteiger partial charge < -0.3 is 10.1 Å². The first-order chi connectivity index (χ1) is 6.77. The molecule has 1 heterocycles. The zero-order valence-corrected chi connectivity index (χ0v) is 10.3. The van der Waals surface area contributed by atoms with Crippen LogP contribution in [0, 0.1) is 0 Å². The van der Waals surface area contributed by atoms with Gasteiger partial charge in [-0.3, -0.25) is 0 Å². The van der Waals surface area contributed by atoms with Crippen LogP contribution in [0.25, 0.3) is 0 Å². The van der Waals surface area contributed by atoms with Crippen molar-refractivity contribution in [2.75, 3.05) is 13.1 Å². The second-order valence-electron chi connectivity index (χ2n) is 3.28. The highest BCUT2D eigenvalue weighted by molar-refractivity contribution is 6.42. The summed E-state index contributed by atoms with van der Waals surface area (Å²) in [5.41, 5.74) is 0. The van der Waals surface area contributed by atoms with E-state index < -0.39 is 0 Å². The molecule has 15 heavy (non-hydrogen) atoms. The highest BCUT2D eigenvalue weighted by Crippen LogP contribution is 2.32. The Morgan fingerprint density at radius 1 is 1.33 bits per heavy atom. The first-order valence-electron chi connectivity index (χ1n) is 4.59. The highest BCUT2D eigenvalue weighted by Gasteiger charge is 2.17. The molecule has 2 rings (SSSR count). The van der Waals surface area contributed by atoms with Crippen LogP contribution in [0.5, 0.6) is 5.75 Å². The predicted octanol–water partition coefficient (Wildman–Crippen LogP) is 3.16. The molecule has 5 heteroatoms. The molecule has 1 fully saturated rings. The third kappa shape index (κ3) is 3.15. The van der Waals surface area contributed by atoms with E-state index in [9.17, 15) is 0 Å². The fourth-order valence-electron chi connectivity index (χ4n) is 1.48. The summed E-state index contributed by atoms with van der Waals surface area (Å²) in [6, 6.07) is 5.43. The number of halogens is 3. The van der Waals surface area contributed by atoms with Crippen LogP contribution in [0.4, 0.5) is 0 Å². The zero-order chi connectivity index (χ0) is 9.97. The van der Waals surface area contributed by atoms with E-state index in [2.05, 4.69) is 5.32 Å². The van der Waals surface area contributed by atoms with Crippen molar-refractivity contribution in [3.8, 4) is 5.75 Å². The second-order valence-corrected chi connectivity index (χ2v) is 4.07. The minimum atomic E-state index is 0. The molecular weight excluding hydrogens is 256 g/mol. The topological polar surface area (TPSA) is 21.3 Å². The summed E-state index contributed by atoms with van der Waals surface area (Å²) in [4.78, 5) is 0. The molecule has 0 radical (unpaired) electrons. The quantitative estimate of drug-likeness (QED) is 0.890. The molecule has 1 unspecified atom stereocenters. The van der Waals surface area contributed by atoms with E-state index >= 15 is 0 Å². The molecule has 1 aromatic carbocycles. The van der Waals surface area contributed by atoms with Gasteiger partial charge in [0.2, 0.25) is 0 Å². The van der Waals surface area contributed by atoms with Crippen molar-refractivity contribution in [2.45, 2.75) is 12.5 Å². The predicted molar refractivity (Wildman–Crippen MR) is 65.6 cm³/mol. The van der Waals surface area contributed by atoms with Crippen LogP contribution in [0.15, 0.2) is 18.2 Å². The van der Waals surface area contributed by atoms with Crippen LogP contribution >= 0.6 is 35.6 Å². The fourth-order valence-corrected chi connectivity index (χ4v) is 1.82. The summed E-state index contributed by atoms with van der Waals surface area (Å²) in [6.45, 7) is 1.88. The highest BCUT2D eigenvalue weighted by atomic mass is 35.5. The average molecular weight is 269 g/mol. The van der Waals surface area contributed by atoms with Gasteiger partial charge in [0, 0.05) is 6.54 Å². The van der Waals surface area contributed by atoms with E-state index in [1.54, 1.807) is 6.07 Å². The SMILES string of the molecule is Cl.Clc1cccc(OC2CCNC2)c1Cl. The van der Waals surface area contributed by atoms with Crippen LogP contribution in [0.1, 0.15) is 6.42 Å². The van der Waals surface area contributed by atoms with Gasteiger partial charge in [-0.15, -0.1) is 12.4 Å². The largest absolute Gasteiger partial charge is 0.487 e. The fraction of sp³-hybridized carbons (Fsp3) is 0.400. The van der Waals surface area contributed by atoms with Gasteiger partial charge in [0.25, 0.3) is 0 Å². The lowest BCUT2D eigenvalue weighted by Crippen LogP contribution is -2.19. The van der Waals surface area contributed by atoms with Gasteiger partial charge in [0.1, 0.15) is 16.9 Å². The van der Waals surface area contributed by atoms with Crippen molar-refractivity contribution in [1.29, 1.82) is 0 Å². The van der Waals surface area contributed by atoms with Crippen molar-refractivity contribution < 1.29 is 4.74 Å². The number of hydrogen-bond acceptors (Lipinski definition) is 2. The Balaban J connectivity index is 0.00000112. The van der Waals surface area contributed by atoms with Crippen molar-refractivity contribution in [3.63, 3.8) is 0 Å². The summed E-state index contributed by atoms with van der Waals surface area (Å²) >= 11 is 11.9. The summed E-state index contributed by atoms with van der Waals surface area (Å²) in [5.74, 6) is 0.674. The molecule has 2 nitrogen and oxygen atoms in total. The van der Waals surface area contributed by atoms with Gasteiger partial charge in [-0.1, -0.05) is 29.3 Å². The smallest absolute Gasteiger partial charge is 0.139 e. The number of ether oxygens (including phenoxy) is 1. The molecule has 1 aliphatic rings. The third-order valence-corrected chi connectivity index (χ3v) is 3.03. The molecule has 0 spiro atoms. The lowest BCUT2D eigenvalue weighted by atomic mass is 10.3. The minimum Gasteiger partial charge on any atom is -0.487 e. The first kappa shape index (κ1) is 12.9. The van der Waals surface area contributed by atoms with E-state index in [0.717, 1.165) is 19.5 Å². The summed E-state index contributed by atoms with van der Waals surface area (Å²) < 4.78 is 5.71. The standard InChI is InChI=1S/C10H11Cl2NO.ClH/c11-8-2-1-3-9(10(8)12)14-7-4-5-13-6-7;/h1-3,7,13H,4-6H2;1H. The van der Waals surface area contributed by atoms with E-state index in [-0.39, 0.29) is 18.5 Å². The summed E-state index contributed by atoms with van der Waals surface area (Å²) in [7, 11) is 0. The molecule has 1 N–H and O–H groups in total. The Kier molecular flexibility index (Phi) is 5.00. The van der Waals surface area contributed by atoms with Crippen molar-refractivity contribution in [1.82, 2.24) is 5.32 Å². The van der Waals surface area contributed by atoms with E-state index in [1.807, 2.05) is 12.1 Å². The van der Waals surface area contributed by atoms with E-state index in [1.165, 1.54) is 0 Å². The van der Waals surface area contributed by atoms with Crippen molar-refractivity contribution >= 4 is 35.6 Å². The van der Waals surface area contributed by atoms with Crippen molar-refractivity contribution in [3.05, 3.63) is 28.2 Å². The maximum absolute atomic E-state index is 5.99. The van der Waals surface area contributed by atoms with Gasteiger partial charge in [-0.05, 0) is 25.1 Å². The first-order valence-corrected chi connectivity index (χ1v) is 5.34. The zero-order valence-electron chi connectivity index (χ0n) is 8.00. The lowest BCUT2D eigenvalue weighted by Gasteiger charge is -2.13. The maximum atomic E-state index is 5.99. The molecule has 1 aromatic rings. The molecular formula is C10H12Cl3NO. The van der Waals surface area contributed by atoms with Crippen LogP contribution in [0.2, 0.25) is 10.0 Å². The van der Waals surface area contributed by atoms with Crippen LogP contribution in [-0.2, 0) is 0 Å². The molecule has 0 aliphatic carbocycles. The summed E-state index contributed by atoms with van der Waals surface area (Å²) in [5, 5.41) is 4.26. The van der Waals surface area contributed by atoms with Gasteiger partial charge in [-0.25, -0.2) is 0 Å². The number of hydrogen-bond donors (Lipinski definition) is 1. The monoisotopic (exact) mass is 267 g/mol. The van der Waals surface area contributed by atoms with Crippen LogP contribution in [-0.4, -0.2) is 19.2 Å². The number of nitrogens with one attached hydrogen (secondary N) is 1. The molecule has 1 aliphatic heterocycles. The molecule has 0 amide bonds. The number of benzene rings is 1. The Morgan fingerprint density at radius 2 is 2.13 bits per heavy atom. The maximum Gasteiger partial charge on any atom is 0.139 e. The van der Waals surface area contributed by atoms with Crippen LogP contribution < -0.4 is 10.1 Å². The Morgan fingerprint density at radius 3 is 2.80 bits per heavy atom. The van der Waals surface area contributed by atoms with Gasteiger partial charge in [0.05, 0.1) is 5.02 Å². The van der Waals surface area contributed by atoms with Crippen molar-refractivity contribution in [2.24, 2.45) is 0 Å².